The van der Waals surface area contributed by atoms with Crippen molar-refractivity contribution in [3.05, 3.63) is 47.7 Å². The van der Waals surface area contributed by atoms with Crippen molar-refractivity contribution in [2.24, 2.45) is 0 Å². The van der Waals surface area contributed by atoms with E-state index in [0.29, 0.717) is 0 Å². The van der Waals surface area contributed by atoms with Crippen LogP contribution in [0.15, 0.2) is 36.5 Å². The summed E-state index contributed by atoms with van der Waals surface area (Å²) in [5.74, 6) is 0. The predicted molar refractivity (Wildman–Crippen MR) is 55.4 cm³/mol. The van der Waals surface area contributed by atoms with Gasteiger partial charge in [-0.3, -0.25) is 0 Å². The van der Waals surface area contributed by atoms with E-state index in [2.05, 4.69) is 42.7 Å². The van der Waals surface area contributed by atoms with Gasteiger partial charge in [-0.1, -0.05) is 30.8 Å². The average Bonchev–Trinajstić information content (AvgIpc) is 2.17. The zero-order valence-corrected chi connectivity index (χ0v) is 8.09. The molecule has 1 aromatic rings. The van der Waals surface area contributed by atoms with Crippen LogP contribution in [-0.2, 0) is 13.0 Å². The maximum absolute atomic E-state index is 3.98. The Kier molecular flexibility index (Phi) is 2.09. The molecular weight excluding hydrogens is 158 g/mol. The molecule has 13 heavy (non-hydrogen) atoms. The van der Waals surface area contributed by atoms with Crippen LogP contribution in [0.25, 0.3) is 0 Å². The topological polar surface area (TPSA) is 3.24 Å². The Labute approximate surface area is 79.7 Å². The number of hydrogen-bond donors (Lipinski definition) is 0. The van der Waals surface area contributed by atoms with E-state index in [-0.39, 0.29) is 0 Å². The second-order valence-corrected chi connectivity index (χ2v) is 3.68. The Morgan fingerprint density at radius 2 is 2.00 bits per heavy atom. The molecule has 1 aromatic carbocycles. The van der Waals surface area contributed by atoms with Crippen molar-refractivity contribution < 1.29 is 0 Å². The lowest BCUT2D eigenvalue weighted by molar-refractivity contribution is 0.324. The van der Waals surface area contributed by atoms with Gasteiger partial charge in [-0.25, -0.2) is 0 Å². The van der Waals surface area contributed by atoms with Gasteiger partial charge in [0.05, 0.1) is 0 Å². The van der Waals surface area contributed by atoms with Gasteiger partial charge in [0.2, 0.25) is 0 Å². The van der Waals surface area contributed by atoms with Crippen molar-refractivity contribution in [3.8, 4) is 0 Å². The highest BCUT2D eigenvalue weighted by molar-refractivity contribution is 5.29. The molecule has 0 saturated carbocycles. The van der Waals surface area contributed by atoms with Crippen LogP contribution in [0.2, 0.25) is 0 Å². The van der Waals surface area contributed by atoms with Crippen LogP contribution in [0.3, 0.4) is 0 Å². The highest BCUT2D eigenvalue weighted by atomic mass is 15.1. The number of nitrogens with zero attached hydrogens (tertiary/aromatic N) is 1. The molecule has 0 fully saturated rings. The summed E-state index contributed by atoms with van der Waals surface area (Å²) in [6.07, 6.45) is 1.16. The summed E-state index contributed by atoms with van der Waals surface area (Å²) in [5.41, 5.74) is 4.13. The van der Waals surface area contributed by atoms with Crippen molar-refractivity contribution in [3.63, 3.8) is 0 Å². The normalized spacial score (nSPS) is 15.3. The van der Waals surface area contributed by atoms with Gasteiger partial charge >= 0.3 is 0 Å². The Bertz CT molecular complexity index is 328. The lowest BCUT2D eigenvalue weighted by Crippen LogP contribution is -2.28. The van der Waals surface area contributed by atoms with Crippen molar-refractivity contribution in [2.75, 3.05) is 6.54 Å². The molecule has 0 atom stereocenters. The summed E-state index contributed by atoms with van der Waals surface area (Å²) in [6.45, 7) is 8.21. The van der Waals surface area contributed by atoms with E-state index in [9.17, 15) is 0 Å². The van der Waals surface area contributed by atoms with Gasteiger partial charge in [0.1, 0.15) is 0 Å². The molecule has 0 radical (unpaired) electrons. The van der Waals surface area contributed by atoms with Gasteiger partial charge in [0.15, 0.2) is 0 Å². The van der Waals surface area contributed by atoms with Gasteiger partial charge < -0.3 is 4.90 Å². The fraction of sp³-hybridized carbons (Fsp3) is 0.333. The van der Waals surface area contributed by atoms with E-state index in [0.717, 1.165) is 19.5 Å². The molecule has 0 unspecified atom stereocenters. The first kappa shape index (κ1) is 8.36. The third-order valence-corrected chi connectivity index (χ3v) is 2.67. The summed E-state index contributed by atoms with van der Waals surface area (Å²) in [7, 11) is 0. The van der Waals surface area contributed by atoms with Crippen LogP contribution >= 0.6 is 0 Å². The summed E-state index contributed by atoms with van der Waals surface area (Å²) in [4.78, 5) is 2.34. The van der Waals surface area contributed by atoms with Crippen molar-refractivity contribution in [1.82, 2.24) is 4.90 Å². The van der Waals surface area contributed by atoms with Crippen LogP contribution in [0.4, 0.5) is 0 Å². The highest BCUT2D eigenvalue weighted by Crippen LogP contribution is 2.20. The van der Waals surface area contributed by atoms with Gasteiger partial charge in [-0.05, 0) is 24.5 Å². The Balaban J connectivity index is 2.24. The first-order valence-electron chi connectivity index (χ1n) is 4.74. The second kappa shape index (κ2) is 3.25. The minimum Gasteiger partial charge on any atom is -0.371 e. The van der Waals surface area contributed by atoms with E-state index in [4.69, 9.17) is 0 Å². The molecule has 1 nitrogen and oxygen atoms in total. The van der Waals surface area contributed by atoms with Gasteiger partial charge in [-0.2, -0.15) is 0 Å². The smallest absolute Gasteiger partial charge is 0.0429 e. The molecule has 1 heterocycles. The molecule has 1 aliphatic heterocycles. The number of allylic oxidation sites excluding steroid dienone is 1. The average molecular weight is 173 g/mol. The molecule has 0 bridgehead atoms. The molecule has 1 aliphatic rings. The van der Waals surface area contributed by atoms with Crippen LogP contribution < -0.4 is 0 Å². The van der Waals surface area contributed by atoms with Gasteiger partial charge in [0.25, 0.3) is 0 Å². The Morgan fingerprint density at radius 3 is 2.69 bits per heavy atom. The fourth-order valence-corrected chi connectivity index (χ4v) is 1.82. The largest absolute Gasteiger partial charge is 0.371 e. The van der Waals surface area contributed by atoms with E-state index in [1.54, 1.807) is 0 Å². The number of benzene rings is 1. The maximum Gasteiger partial charge on any atom is 0.0429 e. The fourth-order valence-electron chi connectivity index (χ4n) is 1.82. The molecule has 0 saturated heterocycles. The quantitative estimate of drug-likeness (QED) is 0.631. The standard InChI is InChI=1S/C12H15N/c1-10(2)13-8-7-11-5-3-4-6-12(11)9-13/h3-6H,1,7-9H2,2H3. The zero-order valence-electron chi connectivity index (χ0n) is 8.09. The third-order valence-electron chi connectivity index (χ3n) is 2.67. The van der Waals surface area contributed by atoms with Crippen molar-refractivity contribution >= 4 is 0 Å². The minimum atomic E-state index is 1.03. The minimum absolute atomic E-state index is 1.03. The molecule has 1 heteroatoms. The number of rotatable bonds is 1. The van der Waals surface area contributed by atoms with Crippen LogP contribution in [0.5, 0.6) is 0 Å². The molecule has 0 amide bonds. The van der Waals surface area contributed by atoms with E-state index >= 15 is 0 Å². The third kappa shape index (κ3) is 1.59. The zero-order chi connectivity index (χ0) is 9.26. The molecule has 0 spiro atoms. The summed E-state index contributed by atoms with van der Waals surface area (Å²) in [5, 5.41) is 0. The molecule has 0 aromatic heterocycles. The monoisotopic (exact) mass is 173 g/mol. The number of fused-ring (bicyclic) bond motifs is 1. The van der Waals surface area contributed by atoms with Crippen LogP contribution in [0, 0.1) is 0 Å². The SMILES string of the molecule is C=C(C)N1CCc2ccccc2C1. The lowest BCUT2D eigenvalue weighted by Gasteiger charge is -2.30. The maximum atomic E-state index is 3.98. The molecule has 2 rings (SSSR count). The molecular formula is C12H15N. The molecule has 68 valence electrons. The summed E-state index contributed by atoms with van der Waals surface area (Å²) >= 11 is 0. The number of hydrogen-bond acceptors (Lipinski definition) is 1. The summed E-state index contributed by atoms with van der Waals surface area (Å²) < 4.78 is 0. The van der Waals surface area contributed by atoms with Gasteiger partial charge in [0, 0.05) is 18.8 Å². The lowest BCUT2D eigenvalue weighted by atomic mass is 10.00. The van der Waals surface area contributed by atoms with E-state index < -0.39 is 0 Å². The first-order valence-corrected chi connectivity index (χ1v) is 4.74. The second-order valence-electron chi connectivity index (χ2n) is 3.68. The molecule has 0 N–H and O–H groups in total. The Hall–Kier alpha value is -1.24. The van der Waals surface area contributed by atoms with Crippen molar-refractivity contribution in [1.29, 1.82) is 0 Å². The highest BCUT2D eigenvalue weighted by Gasteiger charge is 2.14. The Morgan fingerprint density at radius 1 is 1.31 bits per heavy atom. The van der Waals surface area contributed by atoms with E-state index in [1.807, 2.05) is 0 Å². The van der Waals surface area contributed by atoms with Crippen LogP contribution in [-0.4, -0.2) is 11.4 Å². The predicted octanol–water partition coefficient (Wildman–Crippen LogP) is 2.58. The van der Waals surface area contributed by atoms with E-state index in [1.165, 1.54) is 16.8 Å². The van der Waals surface area contributed by atoms with Crippen molar-refractivity contribution in [2.45, 2.75) is 19.9 Å². The van der Waals surface area contributed by atoms with Gasteiger partial charge in [-0.15, -0.1) is 0 Å². The molecule has 0 aliphatic carbocycles. The summed E-state index contributed by atoms with van der Waals surface area (Å²) in [6, 6.07) is 8.67. The first-order chi connectivity index (χ1) is 6.27. The van der Waals surface area contributed by atoms with Crippen LogP contribution in [0.1, 0.15) is 18.1 Å².